The van der Waals surface area contributed by atoms with Crippen molar-refractivity contribution in [1.29, 1.82) is 0 Å². The number of alkyl halides is 3. The second-order valence-electron chi connectivity index (χ2n) is 5.07. The minimum absolute atomic E-state index is 0.0696. The third kappa shape index (κ3) is 3.47. The third-order valence-electron chi connectivity index (χ3n) is 3.40. The van der Waals surface area contributed by atoms with Gasteiger partial charge in [-0.25, -0.2) is 4.39 Å². The van der Waals surface area contributed by atoms with E-state index in [9.17, 15) is 27.2 Å². The van der Waals surface area contributed by atoms with Gasteiger partial charge in [-0.2, -0.15) is 13.2 Å². The van der Waals surface area contributed by atoms with Gasteiger partial charge in [-0.15, -0.1) is 0 Å². The average molecular weight is 324 g/mol. The SMILES string of the molecule is CC(=O)c1ccc(-c2ccc(C(C)=O)cc2C(F)(F)F)c(F)c1. The van der Waals surface area contributed by atoms with Crippen molar-refractivity contribution in [2.24, 2.45) is 0 Å². The first-order chi connectivity index (χ1) is 10.6. The molecule has 0 radical (unpaired) electrons. The van der Waals surface area contributed by atoms with Crippen LogP contribution in [0.2, 0.25) is 0 Å². The zero-order valence-corrected chi connectivity index (χ0v) is 12.3. The van der Waals surface area contributed by atoms with Crippen LogP contribution in [0.15, 0.2) is 36.4 Å². The first-order valence-corrected chi connectivity index (χ1v) is 6.64. The molecule has 0 heterocycles. The molecule has 0 saturated carbocycles. The number of halogens is 4. The number of rotatable bonds is 3. The average Bonchev–Trinajstić information content (AvgIpc) is 2.45. The van der Waals surface area contributed by atoms with Gasteiger partial charge >= 0.3 is 6.18 Å². The van der Waals surface area contributed by atoms with Crippen LogP contribution < -0.4 is 0 Å². The standard InChI is InChI=1S/C17H12F4O2/c1-9(22)11-3-5-13(15(7-11)17(19,20)21)14-6-4-12(10(2)23)8-16(14)18/h3-8H,1-2H3. The van der Waals surface area contributed by atoms with Crippen molar-refractivity contribution in [3.8, 4) is 11.1 Å². The number of carbonyl (C=O) groups is 2. The molecule has 6 heteroatoms. The summed E-state index contributed by atoms with van der Waals surface area (Å²) in [4.78, 5) is 22.5. The van der Waals surface area contributed by atoms with Crippen molar-refractivity contribution in [2.75, 3.05) is 0 Å². The molecule has 23 heavy (non-hydrogen) atoms. The summed E-state index contributed by atoms with van der Waals surface area (Å²) in [7, 11) is 0. The highest BCUT2D eigenvalue weighted by Crippen LogP contribution is 2.38. The molecule has 0 unspecified atom stereocenters. The van der Waals surface area contributed by atoms with E-state index in [1.807, 2.05) is 0 Å². The molecule has 0 bridgehead atoms. The monoisotopic (exact) mass is 324 g/mol. The van der Waals surface area contributed by atoms with Crippen LogP contribution in [-0.2, 0) is 6.18 Å². The summed E-state index contributed by atoms with van der Waals surface area (Å²) >= 11 is 0. The Kier molecular flexibility index (Phi) is 4.36. The molecule has 0 aromatic heterocycles. The van der Waals surface area contributed by atoms with Gasteiger partial charge in [-0.1, -0.05) is 24.3 Å². The summed E-state index contributed by atoms with van der Waals surface area (Å²) < 4.78 is 53.8. The summed E-state index contributed by atoms with van der Waals surface area (Å²) in [5.41, 5.74) is -1.80. The Labute approximate surface area is 129 Å². The van der Waals surface area contributed by atoms with Crippen molar-refractivity contribution in [3.05, 3.63) is 58.9 Å². The van der Waals surface area contributed by atoms with E-state index in [1.165, 1.54) is 19.1 Å². The molecule has 0 aliphatic heterocycles. The second-order valence-corrected chi connectivity index (χ2v) is 5.07. The summed E-state index contributed by atoms with van der Waals surface area (Å²) in [5, 5.41) is 0. The molecule has 0 atom stereocenters. The van der Waals surface area contributed by atoms with Crippen LogP contribution >= 0.6 is 0 Å². The van der Waals surface area contributed by atoms with Gasteiger partial charge in [0.05, 0.1) is 5.56 Å². The topological polar surface area (TPSA) is 34.1 Å². The number of hydrogen-bond donors (Lipinski definition) is 0. The van der Waals surface area contributed by atoms with E-state index < -0.39 is 29.1 Å². The van der Waals surface area contributed by atoms with Crippen molar-refractivity contribution >= 4 is 11.6 Å². The maximum atomic E-state index is 14.1. The number of hydrogen-bond acceptors (Lipinski definition) is 2. The van der Waals surface area contributed by atoms with E-state index in [-0.39, 0.29) is 22.3 Å². The molecular weight excluding hydrogens is 312 g/mol. The minimum Gasteiger partial charge on any atom is -0.295 e. The van der Waals surface area contributed by atoms with Crippen LogP contribution in [0.5, 0.6) is 0 Å². The molecule has 2 aromatic carbocycles. The van der Waals surface area contributed by atoms with Crippen molar-refractivity contribution in [3.63, 3.8) is 0 Å². The van der Waals surface area contributed by atoms with Gasteiger partial charge in [0.1, 0.15) is 5.82 Å². The van der Waals surface area contributed by atoms with E-state index in [0.29, 0.717) is 6.07 Å². The zero-order valence-electron chi connectivity index (χ0n) is 12.3. The maximum absolute atomic E-state index is 14.1. The number of Topliss-reactive ketones (excluding diaryl/α,β-unsaturated/α-hetero) is 2. The molecule has 0 aliphatic rings. The molecule has 2 nitrogen and oxygen atoms in total. The molecule has 0 N–H and O–H groups in total. The lowest BCUT2D eigenvalue weighted by Gasteiger charge is -2.15. The zero-order chi connectivity index (χ0) is 17.4. The quantitative estimate of drug-likeness (QED) is 0.593. The summed E-state index contributed by atoms with van der Waals surface area (Å²) in [6.07, 6.45) is -4.74. The Bertz CT molecular complexity index is 792. The molecule has 0 spiro atoms. The fraction of sp³-hybridized carbons (Fsp3) is 0.176. The fourth-order valence-electron chi connectivity index (χ4n) is 2.19. The molecule has 2 rings (SSSR count). The van der Waals surface area contributed by atoms with Crippen LogP contribution in [0.3, 0.4) is 0 Å². The predicted octanol–water partition coefficient (Wildman–Crippen LogP) is 4.92. The van der Waals surface area contributed by atoms with E-state index >= 15 is 0 Å². The molecule has 2 aromatic rings. The predicted molar refractivity (Wildman–Crippen MR) is 76.8 cm³/mol. The molecule has 0 amide bonds. The van der Waals surface area contributed by atoms with Gasteiger partial charge in [-0.05, 0) is 31.5 Å². The number of ketones is 2. The Balaban J connectivity index is 2.68. The van der Waals surface area contributed by atoms with Crippen molar-refractivity contribution < 1.29 is 27.2 Å². The second kappa shape index (κ2) is 5.95. The highest BCUT2D eigenvalue weighted by Gasteiger charge is 2.34. The Morgan fingerprint density at radius 1 is 0.826 bits per heavy atom. The molecule has 120 valence electrons. The molecule has 0 aliphatic carbocycles. The number of carbonyl (C=O) groups excluding carboxylic acids is 2. The first kappa shape index (κ1) is 16.9. The van der Waals surface area contributed by atoms with Crippen LogP contribution in [0.25, 0.3) is 11.1 Å². The Morgan fingerprint density at radius 2 is 1.30 bits per heavy atom. The lowest BCUT2D eigenvalue weighted by atomic mass is 9.94. The van der Waals surface area contributed by atoms with Crippen LogP contribution in [0, 0.1) is 5.82 Å². The van der Waals surface area contributed by atoms with E-state index in [1.54, 1.807) is 0 Å². The largest absolute Gasteiger partial charge is 0.417 e. The smallest absolute Gasteiger partial charge is 0.295 e. The normalized spacial score (nSPS) is 11.4. The molecule has 0 fully saturated rings. The number of benzene rings is 2. The van der Waals surface area contributed by atoms with Crippen molar-refractivity contribution in [2.45, 2.75) is 20.0 Å². The Hall–Kier alpha value is -2.50. The van der Waals surface area contributed by atoms with Gasteiger partial charge in [0.15, 0.2) is 11.6 Å². The van der Waals surface area contributed by atoms with Gasteiger partial charge in [0.2, 0.25) is 0 Å². The van der Waals surface area contributed by atoms with E-state index in [4.69, 9.17) is 0 Å². The van der Waals surface area contributed by atoms with Gasteiger partial charge in [0, 0.05) is 16.7 Å². The highest BCUT2D eigenvalue weighted by molar-refractivity contribution is 5.96. The van der Waals surface area contributed by atoms with E-state index in [0.717, 1.165) is 25.1 Å². The Morgan fingerprint density at radius 3 is 1.74 bits per heavy atom. The van der Waals surface area contributed by atoms with Crippen LogP contribution in [0.4, 0.5) is 17.6 Å². The van der Waals surface area contributed by atoms with Gasteiger partial charge in [-0.3, -0.25) is 9.59 Å². The third-order valence-corrected chi connectivity index (χ3v) is 3.40. The summed E-state index contributed by atoms with van der Waals surface area (Å²) in [5.74, 6) is -1.84. The highest BCUT2D eigenvalue weighted by atomic mass is 19.4. The van der Waals surface area contributed by atoms with Crippen molar-refractivity contribution in [1.82, 2.24) is 0 Å². The fourth-order valence-corrected chi connectivity index (χ4v) is 2.19. The van der Waals surface area contributed by atoms with Gasteiger partial charge in [0.25, 0.3) is 0 Å². The molecular formula is C17H12F4O2. The lowest BCUT2D eigenvalue weighted by Crippen LogP contribution is -2.09. The minimum atomic E-state index is -4.74. The van der Waals surface area contributed by atoms with Gasteiger partial charge < -0.3 is 0 Å². The van der Waals surface area contributed by atoms with Crippen LogP contribution in [-0.4, -0.2) is 11.6 Å². The maximum Gasteiger partial charge on any atom is 0.417 e. The molecule has 0 saturated heterocycles. The summed E-state index contributed by atoms with van der Waals surface area (Å²) in [6, 6.07) is 6.27. The van der Waals surface area contributed by atoms with Crippen LogP contribution in [0.1, 0.15) is 40.1 Å². The summed E-state index contributed by atoms with van der Waals surface area (Å²) in [6.45, 7) is 2.38. The first-order valence-electron chi connectivity index (χ1n) is 6.64. The lowest BCUT2D eigenvalue weighted by molar-refractivity contribution is -0.137. The van der Waals surface area contributed by atoms with E-state index in [2.05, 4.69) is 0 Å².